The zero-order chi connectivity index (χ0) is 18.1. The number of carboxylic acids is 1. The maximum atomic E-state index is 11.9. The van der Waals surface area contributed by atoms with Gasteiger partial charge in [0.15, 0.2) is 6.04 Å². The number of aliphatic hydroxyl groups is 1. The van der Waals surface area contributed by atoms with Crippen LogP contribution in [0.25, 0.3) is 11.0 Å². The molecule has 0 unspecified atom stereocenters. The lowest BCUT2D eigenvalue weighted by atomic mass is 9.84. The summed E-state index contributed by atoms with van der Waals surface area (Å²) in [5.41, 5.74) is 0.663. The van der Waals surface area contributed by atoms with Crippen molar-refractivity contribution in [3.63, 3.8) is 0 Å². The first-order valence-electron chi connectivity index (χ1n) is 8.80. The van der Waals surface area contributed by atoms with Gasteiger partial charge in [0.05, 0.1) is 5.60 Å². The number of likely N-dealkylation sites (tertiary alicyclic amines) is 1. The van der Waals surface area contributed by atoms with Crippen molar-refractivity contribution in [3.05, 3.63) is 72.0 Å². The number of hydrogen-bond donors (Lipinski definition) is 2. The summed E-state index contributed by atoms with van der Waals surface area (Å²) in [5, 5.41) is 21.7. The fourth-order valence-electron chi connectivity index (χ4n) is 3.78. The summed E-state index contributed by atoms with van der Waals surface area (Å²) in [7, 11) is 0. The lowest BCUT2D eigenvalue weighted by Crippen LogP contribution is -2.45. The third-order valence-electron chi connectivity index (χ3n) is 5.25. The van der Waals surface area contributed by atoms with Gasteiger partial charge in [-0.25, -0.2) is 0 Å². The van der Waals surface area contributed by atoms with E-state index < -0.39 is 17.6 Å². The van der Waals surface area contributed by atoms with E-state index in [4.69, 9.17) is 4.42 Å². The normalized spacial score (nSPS) is 18.7. The molecule has 0 aliphatic carbocycles. The van der Waals surface area contributed by atoms with Crippen LogP contribution in [0.4, 0.5) is 0 Å². The Morgan fingerprint density at radius 2 is 1.69 bits per heavy atom. The minimum Gasteiger partial charge on any atom is -0.480 e. The minimum atomic E-state index is -0.936. The van der Waals surface area contributed by atoms with Crippen LogP contribution in [0.2, 0.25) is 0 Å². The third kappa shape index (κ3) is 3.00. The SMILES string of the molecule is O=C(O)[C@@H](c1cc2ccccc2o1)N1CCC(O)(c2ccccc2)CC1. The van der Waals surface area contributed by atoms with E-state index in [0.29, 0.717) is 37.3 Å². The van der Waals surface area contributed by atoms with Crippen LogP contribution in [0.5, 0.6) is 0 Å². The summed E-state index contributed by atoms with van der Waals surface area (Å²) in [6.07, 6.45) is 0.974. The van der Waals surface area contributed by atoms with Crippen LogP contribution >= 0.6 is 0 Å². The number of furan rings is 1. The Kier molecular flexibility index (Phi) is 4.26. The highest BCUT2D eigenvalue weighted by Gasteiger charge is 2.39. The van der Waals surface area contributed by atoms with Crippen molar-refractivity contribution in [2.45, 2.75) is 24.5 Å². The molecular weight excluding hydrogens is 330 g/mol. The second kappa shape index (κ2) is 6.59. The minimum absolute atomic E-state index is 0.434. The fourth-order valence-corrected chi connectivity index (χ4v) is 3.78. The molecule has 2 aromatic carbocycles. The molecule has 1 aliphatic heterocycles. The fraction of sp³-hybridized carbons (Fsp3) is 0.286. The van der Waals surface area contributed by atoms with E-state index in [-0.39, 0.29) is 0 Å². The molecule has 0 spiro atoms. The molecule has 1 atom stereocenters. The number of para-hydroxylation sites is 1. The van der Waals surface area contributed by atoms with Gasteiger partial charge in [-0.05, 0) is 30.5 Å². The van der Waals surface area contributed by atoms with Crippen molar-refractivity contribution in [2.24, 2.45) is 0 Å². The van der Waals surface area contributed by atoms with E-state index >= 15 is 0 Å². The highest BCUT2D eigenvalue weighted by Crippen LogP contribution is 2.36. The van der Waals surface area contributed by atoms with E-state index in [2.05, 4.69) is 0 Å². The van der Waals surface area contributed by atoms with Crippen molar-refractivity contribution in [1.29, 1.82) is 0 Å². The molecule has 1 saturated heterocycles. The van der Waals surface area contributed by atoms with E-state index in [0.717, 1.165) is 10.9 Å². The summed E-state index contributed by atoms with van der Waals surface area (Å²) in [6, 6.07) is 18.0. The molecule has 0 bridgehead atoms. The molecule has 5 nitrogen and oxygen atoms in total. The molecule has 134 valence electrons. The lowest BCUT2D eigenvalue weighted by Gasteiger charge is -2.40. The number of fused-ring (bicyclic) bond motifs is 1. The van der Waals surface area contributed by atoms with Crippen LogP contribution in [0.3, 0.4) is 0 Å². The van der Waals surface area contributed by atoms with Crippen molar-refractivity contribution < 1.29 is 19.4 Å². The first-order valence-corrected chi connectivity index (χ1v) is 8.80. The summed E-state index contributed by atoms with van der Waals surface area (Å²) in [5.74, 6) is -0.502. The van der Waals surface area contributed by atoms with Crippen LogP contribution in [-0.2, 0) is 10.4 Å². The monoisotopic (exact) mass is 351 g/mol. The van der Waals surface area contributed by atoms with Crippen LogP contribution in [0.1, 0.15) is 30.2 Å². The first kappa shape index (κ1) is 16.8. The molecule has 3 aromatic rings. The maximum Gasteiger partial charge on any atom is 0.328 e. The van der Waals surface area contributed by atoms with Gasteiger partial charge in [-0.1, -0.05) is 48.5 Å². The van der Waals surface area contributed by atoms with Crippen LogP contribution in [-0.4, -0.2) is 34.2 Å². The summed E-state index contributed by atoms with van der Waals surface area (Å²) < 4.78 is 5.80. The average Bonchev–Trinajstić information content (AvgIpc) is 3.07. The molecular formula is C21H21NO4. The number of piperidine rings is 1. The Labute approximate surface area is 151 Å². The molecule has 1 aromatic heterocycles. The molecule has 0 amide bonds. The van der Waals surface area contributed by atoms with Gasteiger partial charge < -0.3 is 14.6 Å². The van der Waals surface area contributed by atoms with Crippen molar-refractivity contribution in [3.8, 4) is 0 Å². The van der Waals surface area contributed by atoms with E-state index in [1.54, 1.807) is 6.07 Å². The summed E-state index contributed by atoms with van der Waals surface area (Å²) in [6.45, 7) is 0.971. The number of rotatable bonds is 4. The quantitative estimate of drug-likeness (QED) is 0.752. The van der Waals surface area contributed by atoms with E-state index in [1.165, 1.54) is 0 Å². The summed E-state index contributed by atoms with van der Waals surface area (Å²) >= 11 is 0. The van der Waals surface area contributed by atoms with Crippen LogP contribution in [0, 0.1) is 0 Å². The van der Waals surface area contributed by atoms with Crippen molar-refractivity contribution >= 4 is 16.9 Å². The smallest absolute Gasteiger partial charge is 0.328 e. The molecule has 0 saturated carbocycles. The lowest BCUT2D eigenvalue weighted by molar-refractivity contribution is -0.146. The molecule has 2 N–H and O–H groups in total. The van der Waals surface area contributed by atoms with Gasteiger partial charge in [0.2, 0.25) is 0 Å². The first-order chi connectivity index (χ1) is 12.6. The van der Waals surface area contributed by atoms with Gasteiger partial charge in [-0.15, -0.1) is 0 Å². The van der Waals surface area contributed by atoms with Crippen molar-refractivity contribution in [1.82, 2.24) is 4.90 Å². The molecule has 0 radical (unpaired) electrons. The largest absolute Gasteiger partial charge is 0.480 e. The zero-order valence-corrected chi connectivity index (χ0v) is 14.3. The van der Waals surface area contributed by atoms with Gasteiger partial charge in [0, 0.05) is 18.5 Å². The number of aliphatic carboxylic acids is 1. The molecule has 2 heterocycles. The van der Waals surface area contributed by atoms with E-state index in [1.807, 2.05) is 59.5 Å². The molecule has 26 heavy (non-hydrogen) atoms. The highest BCUT2D eigenvalue weighted by molar-refractivity contribution is 5.81. The topological polar surface area (TPSA) is 73.9 Å². The Hall–Kier alpha value is -2.63. The van der Waals surface area contributed by atoms with Crippen LogP contribution < -0.4 is 0 Å². The van der Waals surface area contributed by atoms with Gasteiger partial charge in [-0.2, -0.15) is 0 Å². The van der Waals surface area contributed by atoms with Gasteiger partial charge in [0.1, 0.15) is 11.3 Å². The number of carbonyl (C=O) groups is 1. The molecule has 5 heteroatoms. The zero-order valence-electron chi connectivity index (χ0n) is 14.3. The predicted octanol–water partition coefficient (Wildman–Crippen LogP) is 3.54. The molecule has 1 aliphatic rings. The number of nitrogens with zero attached hydrogens (tertiary/aromatic N) is 1. The van der Waals surface area contributed by atoms with Crippen molar-refractivity contribution in [2.75, 3.05) is 13.1 Å². The number of carboxylic acid groups (broad SMARTS) is 1. The molecule has 4 rings (SSSR count). The Morgan fingerprint density at radius 3 is 2.35 bits per heavy atom. The Bertz CT molecular complexity index is 877. The third-order valence-corrected chi connectivity index (χ3v) is 5.25. The van der Waals surface area contributed by atoms with Gasteiger partial charge in [-0.3, -0.25) is 9.69 Å². The number of hydrogen-bond acceptors (Lipinski definition) is 4. The van der Waals surface area contributed by atoms with Gasteiger partial charge >= 0.3 is 5.97 Å². The maximum absolute atomic E-state index is 11.9. The Balaban J connectivity index is 1.57. The summed E-state index contributed by atoms with van der Waals surface area (Å²) in [4.78, 5) is 13.8. The second-order valence-electron chi connectivity index (χ2n) is 6.86. The van der Waals surface area contributed by atoms with Gasteiger partial charge in [0.25, 0.3) is 0 Å². The van der Waals surface area contributed by atoms with E-state index in [9.17, 15) is 15.0 Å². The predicted molar refractivity (Wildman–Crippen MR) is 97.7 cm³/mol. The molecule has 1 fully saturated rings. The standard InChI is InChI=1S/C21H21NO4/c23-20(24)19(18-14-15-6-4-5-9-17(15)26-18)22-12-10-21(25,11-13-22)16-7-2-1-3-8-16/h1-9,14,19,25H,10-13H2,(H,23,24)/t19-/m1/s1. The van der Waals surface area contributed by atoms with Crippen LogP contribution in [0.15, 0.2) is 65.1 Å². The average molecular weight is 351 g/mol. The highest BCUT2D eigenvalue weighted by atomic mass is 16.4. The number of benzene rings is 2. The Morgan fingerprint density at radius 1 is 1.04 bits per heavy atom. The second-order valence-corrected chi connectivity index (χ2v) is 6.86.